The van der Waals surface area contributed by atoms with Crippen LogP contribution in [0.15, 0.2) is 42.6 Å². The zero-order valence-corrected chi connectivity index (χ0v) is 10.4. The van der Waals surface area contributed by atoms with Crippen molar-refractivity contribution in [1.82, 2.24) is 15.2 Å². The number of H-pyrrole nitrogens is 1. The average molecular weight is 262 g/mol. The molecule has 4 rings (SSSR count). The number of aromatic amines is 1. The first-order valence-electron chi connectivity index (χ1n) is 6.19. The molecule has 0 bridgehead atoms. The first-order valence-corrected chi connectivity index (χ1v) is 6.19. The van der Waals surface area contributed by atoms with Crippen molar-refractivity contribution in [2.75, 3.05) is 0 Å². The van der Waals surface area contributed by atoms with Crippen molar-refractivity contribution in [2.45, 2.75) is 0 Å². The zero-order chi connectivity index (χ0) is 13.7. The minimum absolute atomic E-state index is 0.437. The van der Waals surface area contributed by atoms with Crippen LogP contribution in [0.2, 0.25) is 0 Å². The van der Waals surface area contributed by atoms with Crippen LogP contribution in [0.25, 0.3) is 33.1 Å². The summed E-state index contributed by atoms with van der Waals surface area (Å²) in [5.74, 6) is -0.437. The Hall–Kier alpha value is -2.95. The van der Waals surface area contributed by atoms with Crippen molar-refractivity contribution < 1.29 is 4.79 Å². The predicted molar refractivity (Wildman–Crippen MR) is 76.5 cm³/mol. The molecule has 3 N–H and O–H groups in total. The van der Waals surface area contributed by atoms with Crippen LogP contribution in [0.5, 0.6) is 0 Å². The summed E-state index contributed by atoms with van der Waals surface area (Å²) >= 11 is 0. The van der Waals surface area contributed by atoms with E-state index in [-0.39, 0.29) is 0 Å². The minimum atomic E-state index is -0.437. The molecule has 0 saturated carbocycles. The van der Waals surface area contributed by atoms with Gasteiger partial charge >= 0.3 is 0 Å². The van der Waals surface area contributed by atoms with Gasteiger partial charge in [-0.1, -0.05) is 18.2 Å². The Morgan fingerprint density at radius 1 is 1.20 bits per heavy atom. The SMILES string of the molecule is NC(=O)c1ccc2nc3c4[nH]ncc4cccc-3c2c1. The Morgan fingerprint density at radius 3 is 2.95 bits per heavy atom. The highest BCUT2D eigenvalue weighted by molar-refractivity contribution is 6.07. The van der Waals surface area contributed by atoms with E-state index >= 15 is 0 Å². The molecule has 0 atom stereocenters. The van der Waals surface area contributed by atoms with Crippen LogP contribution in [-0.2, 0) is 0 Å². The smallest absolute Gasteiger partial charge is 0.248 e. The predicted octanol–water partition coefficient (Wildman–Crippen LogP) is 2.31. The van der Waals surface area contributed by atoms with Gasteiger partial charge in [0, 0.05) is 21.9 Å². The number of rotatable bonds is 1. The monoisotopic (exact) mass is 262 g/mol. The molecule has 2 aromatic rings. The molecule has 2 heterocycles. The van der Waals surface area contributed by atoms with Gasteiger partial charge in [0.05, 0.1) is 22.9 Å². The lowest BCUT2D eigenvalue weighted by Crippen LogP contribution is -2.10. The molecule has 0 unspecified atom stereocenters. The van der Waals surface area contributed by atoms with Gasteiger partial charge in [-0.2, -0.15) is 5.10 Å². The van der Waals surface area contributed by atoms with E-state index in [1.54, 1.807) is 18.3 Å². The van der Waals surface area contributed by atoms with Crippen LogP contribution in [0.3, 0.4) is 0 Å². The van der Waals surface area contributed by atoms with Crippen LogP contribution >= 0.6 is 0 Å². The van der Waals surface area contributed by atoms with Gasteiger partial charge in [-0.25, -0.2) is 4.98 Å². The molecule has 1 aliphatic heterocycles. The standard InChI is InChI=1S/C15H10N4O/c16-15(20)8-4-5-12-11(6-8)10-3-1-2-9-7-17-19-13(9)14(10)18-12/h1-7H,(H2,16,20)(H,17,19). The Bertz CT molecular complexity index is 941. The Kier molecular flexibility index (Phi) is 2.06. The Labute approximate surface area is 113 Å². The van der Waals surface area contributed by atoms with E-state index in [0.29, 0.717) is 5.56 Å². The number of primary amides is 1. The highest BCUT2D eigenvalue weighted by Gasteiger charge is 2.15. The lowest BCUT2D eigenvalue weighted by molar-refractivity contribution is 0.100. The summed E-state index contributed by atoms with van der Waals surface area (Å²) in [5.41, 5.74) is 9.38. The molecule has 5 nitrogen and oxygen atoms in total. The fourth-order valence-corrected chi connectivity index (χ4v) is 2.53. The van der Waals surface area contributed by atoms with Crippen molar-refractivity contribution >= 4 is 27.7 Å². The summed E-state index contributed by atoms with van der Waals surface area (Å²) in [5, 5.41) is 8.95. The molecule has 1 aliphatic carbocycles. The van der Waals surface area contributed by atoms with E-state index in [4.69, 9.17) is 5.73 Å². The third kappa shape index (κ3) is 1.40. The first kappa shape index (κ1) is 10.9. The van der Waals surface area contributed by atoms with E-state index in [0.717, 1.165) is 33.1 Å². The largest absolute Gasteiger partial charge is 0.366 e. The number of nitrogens with zero attached hydrogens (tertiary/aromatic N) is 2. The van der Waals surface area contributed by atoms with E-state index < -0.39 is 5.91 Å². The van der Waals surface area contributed by atoms with E-state index in [1.807, 2.05) is 24.3 Å². The number of amides is 1. The second kappa shape index (κ2) is 3.77. The normalized spacial score (nSPS) is 11.4. The molecule has 0 radical (unpaired) electrons. The summed E-state index contributed by atoms with van der Waals surface area (Å²) in [6, 6.07) is 11.2. The second-order valence-corrected chi connectivity index (χ2v) is 4.70. The van der Waals surface area contributed by atoms with Crippen molar-refractivity contribution in [3.8, 4) is 11.3 Å². The number of hydrogen-bond donors (Lipinski definition) is 2. The van der Waals surface area contributed by atoms with Gasteiger partial charge in [0.25, 0.3) is 0 Å². The highest BCUT2D eigenvalue weighted by atomic mass is 16.1. The number of carbonyl (C=O) groups excluding carboxylic acids is 1. The van der Waals surface area contributed by atoms with E-state index in [1.165, 1.54) is 0 Å². The third-order valence-corrected chi connectivity index (χ3v) is 3.50. The van der Waals surface area contributed by atoms with Crippen LogP contribution in [0.4, 0.5) is 0 Å². The maximum Gasteiger partial charge on any atom is 0.248 e. The van der Waals surface area contributed by atoms with Gasteiger partial charge in [-0.15, -0.1) is 0 Å². The summed E-state index contributed by atoms with van der Waals surface area (Å²) in [4.78, 5) is 16.0. The van der Waals surface area contributed by atoms with Crippen LogP contribution in [-0.4, -0.2) is 21.1 Å². The number of hydrogen-bond acceptors (Lipinski definition) is 3. The highest BCUT2D eigenvalue weighted by Crippen LogP contribution is 2.34. The van der Waals surface area contributed by atoms with Crippen molar-refractivity contribution in [3.63, 3.8) is 0 Å². The number of aromatic nitrogens is 3. The summed E-state index contributed by atoms with van der Waals surface area (Å²) in [6.45, 7) is 0. The van der Waals surface area contributed by atoms with Gasteiger partial charge < -0.3 is 5.73 Å². The van der Waals surface area contributed by atoms with E-state index in [9.17, 15) is 4.79 Å². The van der Waals surface area contributed by atoms with Crippen LogP contribution < -0.4 is 5.73 Å². The number of nitrogens with one attached hydrogen (secondary N) is 1. The number of nitrogens with two attached hydrogens (primary N) is 1. The first-order chi connectivity index (χ1) is 9.74. The fraction of sp³-hybridized carbons (Fsp3) is 0. The maximum absolute atomic E-state index is 11.3. The van der Waals surface area contributed by atoms with Gasteiger partial charge in [-0.05, 0) is 18.2 Å². The molecule has 0 fully saturated rings. The summed E-state index contributed by atoms with van der Waals surface area (Å²) < 4.78 is 0. The lowest BCUT2D eigenvalue weighted by Gasteiger charge is -1.96. The van der Waals surface area contributed by atoms with Gasteiger partial charge in [0.15, 0.2) is 0 Å². The van der Waals surface area contributed by atoms with Crippen molar-refractivity contribution in [3.05, 3.63) is 48.2 Å². The molecular formula is C15H10N4O. The minimum Gasteiger partial charge on any atom is -0.366 e. The Balaban J connectivity index is 2.15. The number of fused-ring (bicyclic) bond motifs is 5. The quantitative estimate of drug-likeness (QED) is 0.552. The third-order valence-electron chi connectivity index (χ3n) is 3.50. The summed E-state index contributed by atoms with van der Waals surface area (Å²) in [7, 11) is 0. The molecule has 96 valence electrons. The van der Waals surface area contributed by atoms with E-state index in [2.05, 4.69) is 15.2 Å². The molecule has 0 saturated heterocycles. The lowest BCUT2D eigenvalue weighted by atomic mass is 10.1. The van der Waals surface area contributed by atoms with Crippen LogP contribution in [0, 0.1) is 0 Å². The second-order valence-electron chi connectivity index (χ2n) is 4.70. The molecule has 0 spiro atoms. The molecule has 2 aliphatic rings. The zero-order valence-electron chi connectivity index (χ0n) is 10.4. The van der Waals surface area contributed by atoms with Gasteiger partial charge in [0.2, 0.25) is 5.91 Å². The topological polar surface area (TPSA) is 84.7 Å². The fourth-order valence-electron chi connectivity index (χ4n) is 2.53. The average Bonchev–Trinajstić information content (AvgIpc) is 2.99. The molecule has 1 amide bonds. The molecule has 1 aromatic heterocycles. The van der Waals surface area contributed by atoms with Gasteiger partial charge in [-0.3, -0.25) is 9.89 Å². The number of benzene rings is 1. The molecule has 20 heavy (non-hydrogen) atoms. The molecule has 1 aromatic carbocycles. The maximum atomic E-state index is 11.3. The van der Waals surface area contributed by atoms with Crippen molar-refractivity contribution in [2.24, 2.45) is 5.73 Å². The molecular weight excluding hydrogens is 252 g/mol. The molecule has 5 heteroatoms. The van der Waals surface area contributed by atoms with Gasteiger partial charge in [0.1, 0.15) is 0 Å². The summed E-state index contributed by atoms with van der Waals surface area (Å²) in [6.07, 6.45) is 1.77. The Morgan fingerprint density at radius 2 is 2.10 bits per heavy atom. The number of carbonyl (C=O) groups is 1. The van der Waals surface area contributed by atoms with Crippen molar-refractivity contribution in [1.29, 1.82) is 0 Å². The van der Waals surface area contributed by atoms with Crippen LogP contribution in [0.1, 0.15) is 10.4 Å².